The number of unbranched alkanes of at least 4 members (excludes halogenated alkanes) is 5. The molecule has 1 rings (SSSR count). The molecule has 0 aromatic heterocycles. The molecule has 0 fully saturated rings. The topological polar surface area (TPSA) is 35.5 Å². The van der Waals surface area contributed by atoms with Crippen LogP contribution < -0.4 is 0 Å². The number of hydrogen-bond acceptors (Lipinski definition) is 3. The van der Waals surface area contributed by atoms with Crippen molar-refractivity contribution in [2.75, 3.05) is 13.7 Å². The quantitative estimate of drug-likeness (QED) is 0.263. The molecule has 1 aromatic rings. The molecule has 4 heteroatoms. The Morgan fingerprint density at radius 2 is 1.68 bits per heavy atom. The van der Waals surface area contributed by atoms with Crippen LogP contribution in [0.2, 0.25) is 0 Å². The summed E-state index contributed by atoms with van der Waals surface area (Å²) in [6.07, 6.45) is 8.73. The Kier molecular flexibility index (Phi) is 12.3. The van der Waals surface area contributed by atoms with E-state index in [1.54, 1.807) is 6.08 Å². The van der Waals surface area contributed by atoms with Crippen molar-refractivity contribution in [3.63, 3.8) is 0 Å². The van der Waals surface area contributed by atoms with Gasteiger partial charge >= 0.3 is 5.97 Å². The largest absolute Gasteiger partial charge is 0.490 e. The Morgan fingerprint density at radius 1 is 1.05 bits per heavy atom. The third-order valence-corrected chi connectivity index (χ3v) is 3.25. The minimum Gasteiger partial charge on any atom is -0.490 e. The van der Waals surface area contributed by atoms with Gasteiger partial charge in [-0.1, -0.05) is 69.4 Å². The highest BCUT2D eigenvalue weighted by Gasteiger charge is 2.11. The molecule has 0 heterocycles. The number of methoxy groups -OCH3 is 1. The van der Waals surface area contributed by atoms with Gasteiger partial charge in [-0.3, -0.25) is 0 Å². The van der Waals surface area contributed by atoms with E-state index in [-0.39, 0.29) is 18.2 Å². The van der Waals surface area contributed by atoms with E-state index in [2.05, 4.69) is 6.92 Å². The maximum Gasteiger partial charge on any atom is 0.373 e. The highest BCUT2D eigenvalue weighted by molar-refractivity contribution is 5.91. The summed E-state index contributed by atoms with van der Waals surface area (Å²) >= 11 is 0. The summed E-state index contributed by atoms with van der Waals surface area (Å²) in [7, 11) is 1.49. The van der Waals surface area contributed by atoms with Crippen LogP contribution in [-0.2, 0) is 14.3 Å². The van der Waals surface area contributed by atoms with Crippen molar-refractivity contribution in [2.45, 2.75) is 45.4 Å². The molecule has 0 N–H and O–H groups in total. The van der Waals surface area contributed by atoms with Crippen LogP contribution in [0.25, 0.3) is 6.08 Å². The lowest BCUT2D eigenvalue weighted by Gasteiger charge is -2.07. The molecule has 0 amide bonds. The van der Waals surface area contributed by atoms with E-state index in [0.29, 0.717) is 6.61 Å². The maximum atomic E-state index is 11.9. The van der Waals surface area contributed by atoms with Gasteiger partial charge in [-0.05, 0) is 18.1 Å². The van der Waals surface area contributed by atoms with E-state index in [0.717, 1.165) is 18.4 Å². The number of halogens is 1. The van der Waals surface area contributed by atoms with E-state index in [9.17, 15) is 4.79 Å². The third kappa shape index (κ3) is 8.73. The van der Waals surface area contributed by atoms with Crippen molar-refractivity contribution in [3.8, 4) is 0 Å². The average molecular weight is 327 g/mol. The van der Waals surface area contributed by atoms with Gasteiger partial charge in [-0.25, -0.2) is 4.79 Å². The Hall–Kier alpha value is -1.48. The molecule has 0 radical (unpaired) electrons. The minimum absolute atomic E-state index is 0. The molecule has 0 saturated heterocycles. The lowest BCUT2D eigenvalue weighted by atomic mass is 10.1. The molecule has 0 saturated carbocycles. The van der Waals surface area contributed by atoms with Crippen LogP contribution in [0.1, 0.15) is 51.0 Å². The molecule has 0 atom stereocenters. The van der Waals surface area contributed by atoms with Crippen LogP contribution in [0.5, 0.6) is 0 Å². The number of ether oxygens (including phenoxy) is 2. The molecular weight excluding hydrogens is 300 g/mol. The number of hydrogen-bond donors (Lipinski definition) is 0. The predicted octanol–water partition coefficient (Wildman–Crippen LogP) is 5.00. The zero-order valence-corrected chi connectivity index (χ0v) is 14.4. The Labute approximate surface area is 140 Å². The molecule has 0 aliphatic carbocycles. The standard InChI is InChI=1S/C18H26O3.ClH/c1-3-4-5-6-7-11-14-21-18(19)17(20-2)15-16-12-9-8-10-13-16;/h8-10,12-13,15H,3-7,11,14H2,1-2H3;1H. The fraction of sp³-hybridized carbons (Fsp3) is 0.500. The first-order chi connectivity index (χ1) is 10.3. The molecule has 1 aromatic carbocycles. The fourth-order valence-corrected chi connectivity index (χ4v) is 2.02. The summed E-state index contributed by atoms with van der Waals surface area (Å²) in [5, 5.41) is 0. The molecule has 124 valence electrons. The Balaban J connectivity index is 0.00000441. The maximum absolute atomic E-state index is 11.9. The zero-order chi connectivity index (χ0) is 15.3. The van der Waals surface area contributed by atoms with Gasteiger partial charge in [-0.2, -0.15) is 0 Å². The SMILES string of the molecule is CCCCCCCCOC(=O)C(=Cc1ccccc1)OC.Cl. The molecule has 0 unspecified atom stereocenters. The molecular formula is C18H27ClO3. The van der Waals surface area contributed by atoms with Gasteiger partial charge in [-0.15, -0.1) is 12.4 Å². The van der Waals surface area contributed by atoms with E-state index in [1.165, 1.54) is 32.8 Å². The Morgan fingerprint density at radius 3 is 2.32 bits per heavy atom. The van der Waals surface area contributed by atoms with Crippen molar-refractivity contribution >= 4 is 24.5 Å². The second-order valence-corrected chi connectivity index (χ2v) is 5.03. The average Bonchev–Trinajstić information content (AvgIpc) is 2.52. The van der Waals surface area contributed by atoms with Gasteiger partial charge < -0.3 is 9.47 Å². The number of carbonyl (C=O) groups excluding carboxylic acids is 1. The molecule has 3 nitrogen and oxygen atoms in total. The second kappa shape index (κ2) is 13.2. The monoisotopic (exact) mass is 326 g/mol. The summed E-state index contributed by atoms with van der Waals surface area (Å²) in [4.78, 5) is 11.9. The van der Waals surface area contributed by atoms with Crippen molar-refractivity contribution in [3.05, 3.63) is 41.7 Å². The van der Waals surface area contributed by atoms with Gasteiger partial charge in [0.1, 0.15) is 0 Å². The summed E-state index contributed by atoms with van der Waals surface area (Å²) in [5.41, 5.74) is 0.922. The van der Waals surface area contributed by atoms with Gasteiger partial charge in [0, 0.05) is 0 Å². The van der Waals surface area contributed by atoms with Gasteiger partial charge in [0.05, 0.1) is 13.7 Å². The molecule has 0 aliphatic heterocycles. The fourth-order valence-electron chi connectivity index (χ4n) is 2.02. The van der Waals surface area contributed by atoms with E-state index >= 15 is 0 Å². The van der Waals surface area contributed by atoms with Crippen LogP contribution in [0.3, 0.4) is 0 Å². The van der Waals surface area contributed by atoms with Crippen LogP contribution in [0.4, 0.5) is 0 Å². The Bertz CT molecular complexity index is 429. The van der Waals surface area contributed by atoms with Crippen molar-refractivity contribution < 1.29 is 14.3 Å². The van der Waals surface area contributed by atoms with Crippen LogP contribution in [-0.4, -0.2) is 19.7 Å². The lowest BCUT2D eigenvalue weighted by molar-refractivity contribution is -0.142. The van der Waals surface area contributed by atoms with E-state index in [1.807, 2.05) is 30.3 Å². The first-order valence-corrected chi connectivity index (χ1v) is 7.75. The second-order valence-electron chi connectivity index (χ2n) is 5.03. The molecule has 0 aliphatic rings. The highest BCUT2D eigenvalue weighted by atomic mass is 35.5. The van der Waals surface area contributed by atoms with E-state index < -0.39 is 5.97 Å². The summed E-state index contributed by atoms with van der Waals surface area (Å²) in [6.45, 7) is 2.66. The number of esters is 1. The number of benzene rings is 1. The summed E-state index contributed by atoms with van der Waals surface area (Å²) in [5.74, 6) is -0.151. The smallest absolute Gasteiger partial charge is 0.373 e. The first-order valence-electron chi connectivity index (χ1n) is 7.75. The third-order valence-electron chi connectivity index (χ3n) is 3.25. The predicted molar refractivity (Wildman–Crippen MR) is 93.0 cm³/mol. The van der Waals surface area contributed by atoms with Crippen LogP contribution >= 0.6 is 12.4 Å². The summed E-state index contributed by atoms with van der Waals surface area (Å²) in [6, 6.07) is 9.60. The van der Waals surface area contributed by atoms with Crippen molar-refractivity contribution in [1.82, 2.24) is 0 Å². The normalized spacial score (nSPS) is 10.7. The number of rotatable bonds is 10. The van der Waals surface area contributed by atoms with Gasteiger partial charge in [0.25, 0.3) is 0 Å². The van der Waals surface area contributed by atoms with Crippen molar-refractivity contribution in [1.29, 1.82) is 0 Å². The van der Waals surface area contributed by atoms with Gasteiger partial charge in [0.2, 0.25) is 5.76 Å². The van der Waals surface area contributed by atoms with Gasteiger partial charge in [0.15, 0.2) is 0 Å². The van der Waals surface area contributed by atoms with E-state index in [4.69, 9.17) is 9.47 Å². The van der Waals surface area contributed by atoms with Crippen LogP contribution in [0, 0.1) is 0 Å². The first kappa shape index (κ1) is 20.5. The molecule has 22 heavy (non-hydrogen) atoms. The molecule has 0 bridgehead atoms. The lowest BCUT2D eigenvalue weighted by Crippen LogP contribution is -2.10. The minimum atomic E-state index is -0.394. The molecule has 0 spiro atoms. The van der Waals surface area contributed by atoms with Crippen molar-refractivity contribution in [2.24, 2.45) is 0 Å². The number of carbonyl (C=O) groups is 1. The summed E-state index contributed by atoms with van der Waals surface area (Å²) < 4.78 is 10.4. The zero-order valence-electron chi connectivity index (χ0n) is 13.5. The van der Waals surface area contributed by atoms with Crippen LogP contribution in [0.15, 0.2) is 36.1 Å². The highest BCUT2D eigenvalue weighted by Crippen LogP contribution is 2.10.